The summed E-state index contributed by atoms with van der Waals surface area (Å²) >= 11 is 0. The first kappa shape index (κ1) is 16.7. The highest BCUT2D eigenvalue weighted by Crippen LogP contribution is 2.32. The van der Waals surface area contributed by atoms with Crippen LogP contribution in [0.2, 0.25) is 0 Å². The van der Waals surface area contributed by atoms with Crippen molar-refractivity contribution in [3.05, 3.63) is 12.3 Å². The number of rotatable bonds is 6. The Kier molecular flexibility index (Phi) is 5.52. The van der Waals surface area contributed by atoms with Gasteiger partial charge in [-0.1, -0.05) is 13.8 Å². The number of anilines is 2. The molecular formula is C14H21N3O4. The molecule has 0 bridgehead atoms. The molecule has 0 fully saturated rings. The Hall–Kier alpha value is -2.31. The quantitative estimate of drug-likeness (QED) is 0.825. The molecule has 0 aliphatic heterocycles. The van der Waals surface area contributed by atoms with Gasteiger partial charge in [0.1, 0.15) is 5.69 Å². The van der Waals surface area contributed by atoms with Crippen molar-refractivity contribution in [3.8, 4) is 5.88 Å². The van der Waals surface area contributed by atoms with E-state index in [4.69, 9.17) is 9.84 Å². The minimum atomic E-state index is -1.01. The lowest BCUT2D eigenvalue weighted by atomic mass is 9.95. The average molecular weight is 295 g/mol. The lowest BCUT2D eigenvalue weighted by molar-refractivity contribution is -0.145. The number of hydrogen-bond acceptors (Lipinski definition) is 5. The number of ether oxygens (including phenoxy) is 1. The molecule has 0 aromatic carbocycles. The molecule has 0 aliphatic carbocycles. The molecular weight excluding hydrogens is 274 g/mol. The van der Waals surface area contributed by atoms with Crippen molar-refractivity contribution >= 4 is 23.3 Å². The van der Waals surface area contributed by atoms with E-state index < -0.39 is 17.8 Å². The number of aliphatic carboxylic acids is 1. The second kappa shape index (κ2) is 6.92. The number of carbonyl (C=O) groups excluding carboxylic acids is 1. The minimum absolute atomic E-state index is 0.282. The molecule has 1 amide bonds. The molecule has 1 rings (SSSR count). The van der Waals surface area contributed by atoms with Gasteiger partial charge < -0.3 is 20.1 Å². The Morgan fingerprint density at radius 3 is 2.43 bits per heavy atom. The number of hydrogen-bond donors (Lipinski definition) is 2. The molecule has 0 radical (unpaired) electrons. The molecule has 1 aromatic rings. The van der Waals surface area contributed by atoms with Gasteiger partial charge >= 0.3 is 5.97 Å². The molecule has 1 aromatic heterocycles. The van der Waals surface area contributed by atoms with Crippen LogP contribution in [0, 0.1) is 11.8 Å². The number of carbonyl (C=O) groups is 2. The number of nitrogens with zero attached hydrogens (tertiary/aromatic N) is 2. The second-order valence-corrected chi connectivity index (χ2v) is 5.01. The first-order valence-electron chi connectivity index (χ1n) is 6.53. The van der Waals surface area contributed by atoms with Crippen LogP contribution in [0.5, 0.6) is 5.88 Å². The molecule has 2 atom stereocenters. The Morgan fingerprint density at radius 2 is 1.95 bits per heavy atom. The van der Waals surface area contributed by atoms with E-state index in [1.165, 1.54) is 14.0 Å². The third kappa shape index (κ3) is 3.84. The number of carboxylic acids is 1. The molecule has 21 heavy (non-hydrogen) atoms. The third-order valence-corrected chi connectivity index (χ3v) is 3.37. The average Bonchev–Trinajstić information content (AvgIpc) is 2.45. The maximum Gasteiger partial charge on any atom is 0.307 e. The van der Waals surface area contributed by atoms with Crippen molar-refractivity contribution in [2.75, 3.05) is 31.4 Å². The maximum atomic E-state index is 12.2. The van der Waals surface area contributed by atoms with Crippen molar-refractivity contribution in [2.24, 2.45) is 11.8 Å². The molecule has 7 nitrogen and oxygen atoms in total. The number of carboxylic acid groups (broad SMARTS) is 1. The Labute approximate surface area is 123 Å². The van der Waals surface area contributed by atoms with Crippen LogP contribution < -0.4 is 15.0 Å². The van der Waals surface area contributed by atoms with Crippen molar-refractivity contribution in [3.63, 3.8) is 0 Å². The van der Waals surface area contributed by atoms with E-state index in [-0.39, 0.29) is 11.8 Å². The van der Waals surface area contributed by atoms with E-state index >= 15 is 0 Å². The third-order valence-electron chi connectivity index (χ3n) is 3.37. The predicted octanol–water partition coefficient (Wildman–Crippen LogP) is 1.45. The van der Waals surface area contributed by atoms with E-state index in [0.29, 0.717) is 5.69 Å². The van der Waals surface area contributed by atoms with Gasteiger partial charge in [0, 0.05) is 26.2 Å². The summed E-state index contributed by atoms with van der Waals surface area (Å²) in [4.78, 5) is 29.1. The van der Waals surface area contributed by atoms with Gasteiger partial charge in [-0.05, 0) is 6.07 Å². The van der Waals surface area contributed by atoms with Crippen LogP contribution in [0.1, 0.15) is 13.8 Å². The van der Waals surface area contributed by atoms with Gasteiger partial charge in [-0.15, -0.1) is 0 Å². The van der Waals surface area contributed by atoms with Gasteiger partial charge in [0.15, 0.2) is 0 Å². The first-order valence-corrected chi connectivity index (χ1v) is 6.53. The normalized spacial score (nSPS) is 13.2. The van der Waals surface area contributed by atoms with E-state index in [1.807, 2.05) is 19.0 Å². The molecule has 2 unspecified atom stereocenters. The molecule has 0 aliphatic rings. The molecule has 116 valence electrons. The summed E-state index contributed by atoms with van der Waals surface area (Å²) in [6, 6.07) is 1.74. The number of aromatic nitrogens is 1. The zero-order valence-electron chi connectivity index (χ0n) is 12.9. The highest BCUT2D eigenvalue weighted by molar-refractivity contribution is 5.98. The van der Waals surface area contributed by atoms with Crippen molar-refractivity contribution < 1.29 is 19.4 Å². The zero-order chi connectivity index (χ0) is 16.2. The Bertz CT molecular complexity index is 531. The smallest absolute Gasteiger partial charge is 0.307 e. The molecule has 2 N–H and O–H groups in total. The van der Waals surface area contributed by atoms with Gasteiger partial charge in [0.25, 0.3) is 0 Å². The monoisotopic (exact) mass is 295 g/mol. The van der Waals surface area contributed by atoms with Crippen LogP contribution >= 0.6 is 0 Å². The largest absolute Gasteiger partial charge is 0.481 e. The van der Waals surface area contributed by atoms with Crippen LogP contribution in [0.25, 0.3) is 0 Å². The lowest BCUT2D eigenvalue weighted by Gasteiger charge is -2.21. The van der Waals surface area contributed by atoms with Gasteiger partial charge in [-0.25, -0.2) is 4.98 Å². The van der Waals surface area contributed by atoms with Crippen LogP contribution in [0.3, 0.4) is 0 Å². The van der Waals surface area contributed by atoms with Crippen LogP contribution in [-0.2, 0) is 9.59 Å². The van der Waals surface area contributed by atoms with Crippen LogP contribution in [0.15, 0.2) is 12.3 Å². The van der Waals surface area contributed by atoms with Crippen LogP contribution in [0.4, 0.5) is 11.4 Å². The van der Waals surface area contributed by atoms with E-state index in [0.717, 1.165) is 5.69 Å². The highest BCUT2D eigenvalue weighted by atomic mass is 16.5. The number of amides is 1. The van der Waals surface area contributed by atoms with Crippen molar-refractivity contribution in [1.29, 1.82) is 0 Å². The van der Waals surface area contributed by atoms with Gasteiger partial charge in [-0.2, -0.15) is 0 Å². The highest BCUT2D eigenvalue weighted by Gasteiger charge is 2.27. The van der Waals surface area contributed by atoms with Gasteiger partial charge in [-0.3, -0.25) is 9.59 Å². The number of pyridine rings is 1. The fraction of sp³-hybridized carbons (Fsp3) is 0.500. The summed E-state index contributed by atoms with van der Waals surface area (Å²) in [5.74, 6) is -2.58. The van der Waals surface area contributed by atoms with E-state index in [1.54, 1.807) is 19.2 Å². The molecule has 0 spiro atoms. The summed E-state index contributed by atoms with van der Waals surface area (Å²) in [5.41, 5.74) is 1.16. The summed E-state index contributed by atoms with van der Waals surface area (Å²) < 4.78 is 5.16. The fourth-order valence-electron chi connectivity index (χ4n) is 1.76. The Morgan fingerprint density at radius 1 is 1.33 bits per heavy atom. The molecule has 0 saturated heterocycles. The summed E-state index contributed by atoms with van der Waals surface area (Å²) in [6.45, 7) is 3.08. The van der Waals surface area contributed by atoms with Crippen molar-refractivity contribution in [2.45, 2.75) is 13.8 Å². The van der Waals surface area contributed by atoms with Crippen LogP contribution in [-0.4, -0.2) is 43.2 Å². The number of methoxy groups -OCH3 is 1. The maximum absolute atomic E-state index is 12.2. The van der Waals surface area contributed by atoms with E-state index in [9.17, 15) is 9.59 Å². The predicted molar refractivity (Wildman–Crippen MR) is 79.7 cm³/mol. The topological polar surface area (TPSA) is 91.8 Å². The first-order chi connectivity index (χ1) is 9.79. The summed E-state index contributed by atoms with van der Waals surface area (Å²) in [5, 5.41) is 11.7. The number of nitrogens with one attached hydrogen (secondary N) is 1. The minimum Gasteiger partial charge on any atom is -0.481 e. The molecule has 7 heteroatoms. The molecule has 0 saturated carbocycles. The second-order valence-electron chi connectivity index (χ2n) is 5.01. The van der Waals surface area contributed by atoms with E-state index in [2.05, 4.69) is 10.3 Å². The van der Waals surface area contributed by atoms with Gasteiger partial charge in [0.2, 0.25) is 11.8 Å². The lowest BCUT2D eigenvalue weighted by Crippen LogP contribution is -2.30. The molecule has 1 heterocycles. The Balaban J connectivity index is 3.06. The van der Waals surface area contributed by atoms with Gasteiger partial charge in [0.05, 0.1) is 18.7 Å². The summed E-state index contributed by atoms with van der Waals surface area (Å²) in [6.07, 6.45) is 1.58. The SMILES string of the molecule is COc1nccc(N(C)C)c1NC(=O)C(C)C(C)C(=O)O. The zero-order valence-corrected chi connectivity index (χ0v) is 12.9. The summed E-state index contributed by atoms with van der Waals surface area (Å²) in [7, 11) is 5.11. The fourth-order valence-corrected chi connectivity index (χ4v) is 1.76. The standard InChI is InChI=1S/C14H21N3O4/c1-8(9(2)14(19)20)12(18)16-11-10(17(3)4)6-7-15-13(11)21-5/h6-9H,1-5H3,(H,16,18)(H,19,20). The van der Waals surface area contributed by atoms with Crippen molar-refractivity contribution in [1.82, 2.24) is 4.98 Å².